The standard InChI is InChI=1S/C16H21N/c1-10(2)16(17)14-7-5-6-13-8-11(3)12(4)9-15(13)14/h5-10,16H,17H2,1-4H3/t16-/m1/s1. The molecule has 0 aliphatic carbocycles. The van der Waals surface area contributed by atoms with Gasteiger partial charge < -0.3 is 5.73 Å². The van der Waals surface area contributed by atoms with Crippen molar-refractivity contribution in [1.29, 1.82) is 0 Å². The molecule has 0 saturated heterocycles. The fourth-order valence-electron chi connectivity index (χ4n) is 2.22. The highest BCUT2D eigenvalue weighted by atomic mass is 14.6. The van der Waals surface area contributed by atoms with E-state index >= 15 is 0 Å². The van der Waals surface area contributed by atoms with Crippen LogP contribution in [0, 0.1) is 19.8 Å². The molecule has 1 atom stereocenters. The Balaban J connectivity index is 2.68. The van der Waals surface area contributed by atoms with E-state index in [1.807, 2.05) is 0 Å². The predicted molar refractivity (Wildman–Crippen MR) is 75.2 cm³/mol. The average molecular weight is 227 g/mol. The van der Waals surface area contributed by atoms with Gasteiger partial charge in [-0.3, -0.25) is 0 Å². The van der Waals surface area contributed by atoms with Gasteiger partial charge in [-0.05, 0) is 47.2 Å². The molecule has 2 N–H and O–H groups in total. The van der Waals surface area contributed by atoms with Crippen LogP contribution in [0.15, 0.2) is 30.3 Å². The summed E-state index contributed by atoms with van der Waals surface area (Å²) in [4.78, 5) is 0. The minimum absolute atomic E-state index is 0.112. The Morgan fingerprint density at radius 2 is 1.65 bits per heavy atom. The maximum Gasteiger partial charge on any atom is 0.0324 e. The molecule has 1 heteroatoms. The molecule has 90 valence electrons. The number of fused-ring (bicyclic) bond motifs is 1. The van der Waals surface area contributed by atoms with Crippen molar-refractivity contribution in [2.45, 2.75) is 33.7 Å². The Labute approximate surface area is 104 Å². The molecular weight excluding hydrogens is 206 g/mol. The third kappa shape index (κ3) is 2.20. The molecule has 0 spiro atoms. The van der Waals surface area contributed by atoms with Crippen molar-refractivity contribution in [2.24, 2.45) is 11.7 Å². The van der Waals surface area contributed by atoms with Gasteiger partial charge in [0.1, 0.15) is 0 Å². The topological polar surface area (TPSA) is 26.0 Å². The Hall–Kier alpha value is -1.34. The number of hydrogen-bond acceptors (Lipinski definition) is 1. The summed E-state index contributed by atoms with van der Waals surface area (Å²) in [5.41, 5.74) is 10.2. The Morgan fingerprint density at radius 3 is 2.29 bits per heavy atom. The van der Waals surface area contributed by atoms with Crippen LogP contribution in [0.3, 0.4) is 0 Å². The Morgan fingerprint density at radius 1 is 1.00 bits per heavy atom. The van der Waals surface area contributed by atoms with Crippen molar-refractivity contribution >= 4 is 10.8 Å². The molecule has 2 rings (SSSR count). The van der Waals surface area contributed by atoms with Crippen LogP contribution in [0.1, 0.15) is 36.6 Å². The molecule has 0 fully saturated rings. The molecule has 0 unspecified atom stereocenters. The van der Waals surface area contributed by atoms with E-state index in [1.165, 1.54) is 27.5 Å². The summed E-state index contributed by atoms with van der Waals surface area (Å²) < 4.78 is 0. The molecule has 0 aromatic heterocycles. The fourth-order valence-corrected chi connectivity index (χ4v) is 2.22. The van der Waals surface area contributed by atoms with Gasteiger partial charge in [0.05, 0.1) is 0 Å². The highest BCUT2D eigenvalue weighted by Gasteiger charge is 2.13. The van der Waals surface area contributed by atoms with Gasteiger partial charge >= 0.3 is 0 Å². The second-order valence-electron chi connectivity index (χ2n) is 5.27. The highest BCUT2D eigenvalue weighted by molar-refractivity contribution is 5.87. The smallest absolute Gasteiger partial charge is 0.0324 e. The zero-order chi connectivity index (χ0) is 12.6. The minimum Gasteiger partial charge on any atom is -0.324 e. The van der Waals surface area contributed by atoms with E-state index in [4.69, 9.17) is 5.73 Å². The van der Waals surface area contributed by atoms with Gasteiger partial charge in [-0.1, -0.05) is 44.2 Å². The molecule has 17 heavy (non-hydrogen) atoms. The van der Waals surface area contributed by atoms with Crippen molar-refractivity contribution in [1.82, 2.24) is 0 Å². The molecule has 0 saturated carbocycles. The maximum atomic E-state index is 6.29. The largest absolute Gasteiger partial charge is 0.324 e. The van der Waals surface area contributed by atoms with Crippen LogP contribution in [-0.2, 0) is 0 Å². The Kier molecular flexibility index (Phi) is 3.21. The van der Waals surface area contributed by atoms with Gasteiger partial charge in [0.2, 0.25) is 0 Å². The minimum atomic E-state index is 0.112. The summed E-state index contributed by atoms with van der Waals surface area (Å²) >= 11 is 0. The summed E-state index contributed by atoms with van der Waals surface area (Å²) in [6.07, 6.45) is 0. The van der Waals surface area contributed by atoms with Gasteiger partial charge in [0.25, 0.3) is 0 Å². The SMILES string of the molecule is Cc1cc2cccc([C@H](N)C(C)C)c2cc1C. The summed E-state index contributed by atoms with van der Waals surface area (Å²) in [7, 11) is 0. The quantitative estimate of drug-likeness (QED) is 0.820. The first kappa shape index (κ1) is 12.1. The number of nitrogens with two attached hydrogens (primary N) is 1. The summed E-state index contributed by atoms with van der Waals surface area (Å²) in [5.74, 6) is 0.460. The molecule has 0 aliphatic rings. The zero-order valence-electron chi connectivity index (χ0n) is 11.1. The van der Waals surface area contributed by atoms with Gasteiger partial charge in [0, 0.05) is 6.04 Å². The van der Waals surface area contributed by atoms with Gasteiger partial charge in [-0.15, -0.1) is 0 Å². The van der Waals surface area contributed by atoms with E-state index < -0.39 is 0 Å². The third-order valence-corrected chi connectivity index (χ3v) is 3.61. The monoisotopic (exact) mass is 227 g/mol. The Bertz CT molecular complexity index is 540. The van der Waals surface area contributed by atoms with E-state index in [9.17, 15) is 0 Å². The zero-order valence-corrected chi connectivity index (χ0v) is 11.1. The lowest BCUT2D eigenvalue weighted by Gasteiger charge is -2.19. The first-order valence-corrected chi connectivity index (χ1v) is 6.26. The number of hydrogen-bond donors (Lipinski definition) is 1. The third-order valence-electron chi connectivity index (χ3n) is 3.61. The molecule has 0 aliphatic heterocycles. The van der Waals surface area contributed by atoms with Crippen molar-refractivity contribution < 1.29 is 0 Å². The average Bonchev–Trinajstić information content (AvgIpc) is 2.29. The maximum absolute atomic E-state index is 6.29. The first-order valence-electron chi connectivity index (χ1n) is 6.26. The van der Waals surface area contributed by atoms with E-state index in [2.05, 4.69) is 58.0 Å². The molecule has 1 nitrogen and oxygen atoms in total. The van der Waals surface area contributed by atoms with Crippen LogP contribution < -0.4 is 5.73 Å². The van der Waals surface area contributed by atoms with Crippen LogP contribution in [0.5, 0.6) is 0 Å². The van der Waals surface area contributed by atoms with E-state index in [-0.39, 0.29) is 6.04 Å². The van der Waals surface area contributed by atoms with Crippen molar-refractivity contribution in [2.75, 3.05) is 0 Å². The lowest BCUT2D eigenvalue weighted by Crippen LogP contribution is -2.17. The van der Waals surface area contributed by atoms with Gasteiger partial charge in [-0.25, -0.2) is 0 Å². The molecule has 0 amide bonds. The van der Waals surface area contributed by atoms with Crippen LogP contribution in [0.25, 0.3) is 10.8 Å². The lowest BCUT2D eigenvalue weighted by atomic mass is 9.91. The van der Waals surface area contributed by atoms with Crippen molar-refractivity contribution in [3.63, 3.8) is 0 Å². The number of benzene rings is 2. The summed E-state index contributed by atoms with van der Waals surface area (Å²) in [6, 6.07) is 11.1. The predicted octanol–water partition coefficient (Wildman–Crippen LogP) is 4.11. The second kappa shape index (κ2) is 4.50. The van der Waals surface area contributed by atoms with E-state index in [0.29, 0.717) is 5.92 Å². The van der Waals surface area contributed by atoms with Crippen LogP contribution in [-0.4, -0.2) is 0 Å². The van der Waals surface area contributed by atoms with Crippen LogP contribution in [0.2, 0.25) is 0 Å². The second-order valence-corrected chi connectivity index (χ2v) is 5.27. The van der Waals surface area contributed by atoms with Gasteiger partial charge in [0.15, 0.2) is 0 Å². The van der Waals surface area contributed by atoms with Crippen LogP contribution in [0.4, 0.5) is 0 Å². The van der Waals surface area contributed by atoms with Crippen molar-refractivity contribution in [3.8, 4) is 0 Å². The number of rotatable bonds is 2. The normalized spacial score (nSPS) is 13.3. The summed E-state index contributed by atoms with van der Waals surface area (Å²) in [5, 5.41) is 2.60. The van der Waals surface area contributed by atoms with E-state index in [1.54, 1.807) is 0 Å². The lowest BCUT2D eigenvalue weighted by molar-refractivity contribution is 0.517. The molecule has 0 bridgehead atoms. The molecule has 0 heterocycles. The molecule has 2 aromatic rings. The summed E-state index contributed by atoms with van der Waals surface area (Å²) in [6.45, 7) is 8.66. The first-order chi connectivity index (χ1) is 8.00. The highest BCUT2D eigenvalue weighted by Crippen LogP contribution is 2.29. The van der Waals surface area contributed by atoms with Crippen LogP contribution >= 0.6 is 0 Å². The molecule has 2 aromatic carbocycles. The number of aryl methyl sites for hydroxylation is 2. The van der Waals surface area contributed by atoms with Crippen molar-refractivity contribution in [3.05, 3.63) is 47.0 Å². The molecular formula is C16H21N. The van der Waals surface area contributed by atoms with Gasteiger partial charge in [-0.2, -0.15) is 0 Å². The molecule has 0 radical (unpaired) electrons. The van der Waals surface area contributed by atoms with E-state index in [0.717, 1.165) is 0 Å². The fraction of sp³-hybridized carbons (Fsp3) is 0.375.